The zero-order valence-electron chi connectivity index (χ0n) is 11.1. The van der Waals surface area contributed by atoms with Gasteiger partial charge >= 0.3 is 0 Å². The van der Waals surface area contributed by atoms with E-state index in [0.717, 1.165) is 0 Å². The van der Waals surface area contributed by atoms with Gasteiger partial charge in [0.1, 0.15) is 18.2 Å². The van der Waals surface area contributed by atoms with Crippen LogP contribution in [0, 0.1) is 5.82 Å². The Bertz CT molecular complexity index is 632. The number of ether oxygens (including phenoxy) is 1. The molecule has 4 nitrogen and oxygen atoms in total. The Balaban J connectivity index is 1.80. The SMILES string of the molecule is Nc1ccc(OCCNC(=O)c2ccc(Br)cc2F)cc1. The number of nitrogens with two attached hydrogens (primary N) is 1. The Kier molecular flexibility index (Phi) is 5.16. The van der Waals surface area contributed by atoms with Crippen molar-refractivity contribution in [2.75, 3.05) is 18.9 Å². The highest BCUT2D eigenvalue weighted by Gasteiger charge is 2.11. The Labute approximate surface area is 130 Å². The number of carbonyl (C=O) groups excluding carboxylic acids is 1. The minimum atomic E-state index is -0.568. The highest BCUT2D eigenvalue weighted by atomic mass is 79.9. The normalized spacial score (nSPS) is 10.2. The third-order valence-electron chi connectivity index (χ3n) is 2.71. The average molecular weight is 353 g/mol. The third-order valence-corrected chi connectivity index (χ3v) is 3.21. The summed E-state index contributed by atoms with van der Waals surface area (Å²) in [6.07, 6.45) is 0. The number of amides is 1. The largest absolute Gasteiger partial charge is 0.492 e. The summed E-state index contributed by atoms with van der Waals surface area (Å²) in [5, 5.41) is 2.60. The van der Waals surface area contributed by atoms with Crippen molar-refractivity contribution in [3.63, 3.8) is 0 Å². The first kappa shape index (κ1) is 15.3. The zero-order valence-corrected chi connectivity index (χ0v) is 12.7. The van der Waals surface area contributed by atoms with Gasteiger partial charge in [-0.2, -0.15) is 0 Å². The summed E-state index contributed by atoms with van der Waals surface area (Å²) < 4.78 is 19.6. The summed E-state index contributed by atoms with van der Waals surface area (Å²) in [6, 6.07) is 11.2. The Morgan fingerprint density at radius 3 is 2.62 bits per heavy atom. The van der Waals surface area contributed by atoms with Gasteiger partial charge in [-0.1, -0.05) is 15.9 Å². The van der Waals surface area contributed by atoms with Crippen LogP contribution >= 0.6 is 15.9 Å². The van der Waals surface area contributed by atoms with Gasteiger partial charge < -0.3 is 15.8 Å². The fourth-order valence-electron chi connectivity index (χ4n) is 1.67. The first-order valence-corrected chi connectivity index (χ1v) is 7.07. The fraction of sp³-hybridized carbons (Fsp3) is 0.133. The zero-order chi connectivity index (χ0) is 15.2. The Morgan fingerprint density at radius 1 is 1.24 bits per heavy atom. The number of nitrogen functional groups attached to an aromatic ring is 1. The maximum atomic E-state index is 13.6. The first-order chi connectivity index (χ1) is 10.1. The van der Waals surface area contributed by atoms with Crippen molar-refractivity contribution in [1.29, 1.82) is 0 Å². The molecule has 0 saturated carbocycles. The predicted octanol–water partition coefficient (Wildman–Crippen LogP) is 2.98. The van der Waals surface area contributed by atoms with Crippen LogP contribution in [0.3, 0.4) is 0 Å². The van der Waals surface area contributed by atoms with Crippen molar-refractivity contribution in [2.24, 2.45) is 0 Å². The van der Waals surface area contributed by atoms with Gasteiger partial charge in [-0.15, -0.1) is 0 Å². The van der Waals surface area contributed by atoms with Crippen molar-refractivity contribution in [1.82, 2.24) is 5.32 Å². The topological polar surface area (TPSA) is 64.3 Å². The summed E-state index contributed by atoms with van der Waals surface area (Å²) in [4.78, 5) is 11.8. The summed E-state index contributed by atoms with van der Waals surface area (Å²) in [5.41, 5.74) is 6.22. The van der Waals surface area contributed by atoms with Gasteiger partial charge in [0.15, 0.2) is 0 Å². The number of anilines is 1. The van der Waals surface area contributed by atoms with Gasteiger partial charge in [0.2, 0.25) is 0 Å². The Hall–Kier alpha value is -2.08. The van der Waals surface area contributed by atoms with Crippen LogP contribution in [-0.2, 0) is 0 Å². The van der Waals surface area contributed by atoms with Gasteiger partial charge in [0.05, 0.1) is 12.1 Å². The number of hydrogen-bond donors (Lipinski definition) is 2. The van der Waals surface area contributed by atoms with Crippen LogP contribution in [0.15, 0.2) is 46.9 Å². The van der Waals surface area contributed by atoms with E-state index in [1.807, 2.05) is 0 Å². The highest BCUT2D eigenvalue weighted by Crippen LogP contribution is 2.15. The van der Waals surface area contributed by atoms with Crippen molar-refractivity contribution < 1.29 is 13.9 Å². The molecule has 0 aromatic heterocycles. The highest BCUT2D eigenvalue weighted by molar-refractivity contribution is 9.10. The van der Waals surface area contributed by atoms with E-state index in [9.17, 15) is 9.18 Å². The lowest BCUT2D eigenvalue weighted by Gasteiger charge is -2.08. The maximum Gasteiger partial charge on any atom is 0.254 e. The molecule has 3 N–H and O–H groups in total. The van der Waals surface area contributed by atoms with Crippen LogP contribution in [-0.4, -0.2) is 19.1 Å². The smallest absolute Gasteiger partial charge is 0.254 e. The average Bonchev–Trinajstić information content (AvgIpc) is 2.45. The Morgan fingerprint density at radius 2 is 1.95 bits per heavy atom. The van der Waals surface area contributed by atoms with E-state index in [2.05, 4.69) is 21.2 Å². The van der Waals surface area contributed by atoms with Crippen molar-refractivity contribution in [3.8, 4) is 5.75 Å². The van der Waals surface area contributed by atoms with Gasteiger partial charge in [-0.3, -0.25) is 4.79 Å². The molecule has 2 aromatic carbocycles. The second-order valence-corrected chi connectivity index (χ2v) is 5.21. The van der Waals surface area contributed by atoms with E-state index in [1.165, 1.54) is 12.1 Å². The number of benzene rings is 2. The lowest BCUT2D eigenvalue weighted by atomic mass is 10.2. The van der Waals surface area contributed by atoms with Gasteiger partial charge in [-0.25, -0.2) is 4.39 Å². The van der Waals surface area contributed by atoms with Crippen molar-refractivity contribution in [2.45, 2.75) is 0 Å². The molecular weight excluding hydrogens is 339 g/mol. The standard InChI is InChI=1S/C15H14BrFN2O2/c16-10-1-6-13(14(17)9-10)15(20)19-7-8-21-12-4-2-11(18)3-5-12/h1-6,9H,7-8,18H2,(H,19,20). The molecule has 0 aliphatic rings. The van der Waals surface area contributed by atoms with Crippen LogP contribution in [0.4, 0.5) is 10.1 Å². The van der Waals surface area contributed by atoms with Crippen LogP contribution in [0.25, 0.3) is 0 Å². The molecule has 0 fully saturated rings. The third kappa shape index (κ3) is 4.46. The van der Waals surface area contributed by atoms with Crippen LogP contribution in [0.5, 0.6) is 5.75 Å². The summed E-state index contributed by atoms with van der Waals surface area (Å²) in [6.45, 7) is 0.562. The molecule has 2 aromatic rings. The van der Waals surface area contributed by atoms with Crippen LogP contribution in [0.2, 0.25) is 0 Å². The quantitative estimate of drug-likeness (QED) is 0.642. The molecule has 0 unspecified atom stereocenters. The molecule has 0 bridgehead atoms. The molecule has 0 atom stereocenters. The minimum Gasteiger partial charge on any atom is -0.492 e. The summed E-state index contributed by atoms with van der Waals surface area (Å²) >= 11 is 3.14. The number of carbonyl (C=O) groups is 1. The monoisotopic (exact) mass is 352 g/mol. The molecule has 21 heavy (non-hydrogen) atoms. The molecule has 2 rings (SSSR count). The van der Waals surface area contributed by atoms with E-state index >= 15 is 0 Å². The molecule has 0 spiro atoms. The second kappa shape index (κ2) is 7.08. The number of rotatable bonds is 5. The minimum absolute atomic E-state index is 0.00526. The molecule has 0 aliphatic carbocycles. The molecule has 0 aliphatic heterocycles. The molecule has 0 radical (unpaired) electrons. The molecule has 6 heteroatoms. The van der Waals surface area contributed by atoms with Gasteiger partial charge in [0, 0.05) is 10.2 Å². The predicted molar refractivity (Wildman–Crippen MR) is 82.8 cm³/mol. The molecule has 0 heterocycles. The summed E-state index contributed by atoms with van der Waals surface area (Å²) in [7, 11) is 0. The molecule has 0 saturated heterocycles. The maximum absolute atomic E-state index is 13.6. The van der Waals surface area contributed by atoms with E-state index in [4.69, 9.17) is 10.5 Å². The van der Waals surface area contributed by atoms with E-state index < -0.39 is 11.7 Å². The number of halogens is 2. The van der Waals surface area contributed by atoms with Crippen molar-refractivity contribution in [3.05, 3.63) is 58.3 Å². The number of hydrogen-bond acceptors (Lipinski definition) is 3. The van der Waals surface area contributed by atoms with Gasteiger partial charge in [-0.05, 0) is 42.5 Å². The van der Waals surface area contributed by atoms with E-state index in [-0.39, 0.29) is 18.7 Å². The number of nitrogens with one attached hydrogen (secondary N) is 1. The van der Waals surface area contributed by atoms with E-state index in [1.54, 1.807) is 30.3 Å². The molecule has 1 amide bonds. The fourth-order valence-corrected chi connectivity index (χ4v) is 2.00. The second-order valence-electron chi connectivity index (χ2n) is 4.30. The van der Waals surface area contributed by atoms with Crippen LogP contribution in [0.1, 0.15) is 10.4 Å². The van der Waals surface area contributed by atoms with Gasteiger partial charge in [0.25, 0.3) is 5.91 Å². The lowest BCUT2D eigenvalue weighted by Crippen LogP contribution is -2.28. The van der Waals surface area contributed by atoms with Crippen molar-refractivity contribution >= 4 is 27.5 Å². The molecule has 110 valence electrons. The molecular formula is C15H14BrFN2O2. The lowest BCUT2D eigenvalue weighted by molar-refractivity contribution is 0.0943. The van der Waals surface area contributed by atoms with Crippen LogP contribution < -0.4 is 15.8 Å². The first-order valence-electron chi connectivity index (χ1n) is 6.28. The summed E-state index contributed by atoms with van der Waals surface area (Å²) in [5.74, 6) is -0.379. The van der Waals surface area contributed by atoms with E-state index in [0.29, 0.717) is 15.9 Å².